The average molecular weight is 305 g/mol. The van der Waals surface area contributed by atoms with Crippen molar-refractivity contribution < 1.29 is 0 Å². The van der Waals surface area contributed by atoms with E-state index < -0.39 is 0 Å². The Balaban J connectivity index is 2.69. The molecule has 4 heteroatoms. The molecule has 14 heavy (non-hydrogen) atoms. The summed E-state index contributed by atoms with van der Waals surface area (Å²) >= 11 is 2.27. The predicted molar refractivity (Wildman–Crippen MR) is 67.5 cm³/mol. The largest absolute Gasteiger partial charge is 0.358 e. The van der Waals surface area contributed by atoms with Gasteiger partial charge in [-0.05, 0) is 28.5 Å². The van der Waals surface area contributed by atoms with Gasteiger partial charge >= 0.3 is 0 Å². The number of halogens is 1. The van der Waals surface area contributed by atoms with Gasteiger partial charge in [0.05, 0.1) is 3.57 Å². The summed E-state index contributed by atoms with van der Waals surface area (Å²) in [5.41, 5.74) is 0. The zero-order valence-corrected chi connectivity index (χ0v) is 11.0. The second kappa shape index (κ2) is 5.48. The Labute approximate surface area is 99.1 Å². The summed E-state index contributed by atoms with van der Waals surface area (Å²) in [6, 6.07) is 0. The van der Waals surface area contributed by atoms with Crippen LogP contribution < -0.4 is 4.90 Å². The third-order valence-corrected chi connectivity index (χ3v) is 3.05. The van der Waals surface area contributed by atoms with Crippen molar-refractivity contribution in [2.24, 2.45) is 5.92 Å². The Kier molecular flexibility index (Phi) is 4.57. The van der Waals surface area contributed by atoms with E-state index in [1.54, 1.807) is 6.33 Å². The molecule has 0 aliphatic rings. The lowest BCUT2D eigenvalue weighted by Crippen LogP contribution is -2.25. The maximum atomic E-state index is 4.27. The molecule has 1 heterocycles. The van der Waals surface area contributed by atoms with Crippen LogP contribution in [0.1, 0.15) is 20.3 Å². The third-order valence-electron chi connectivity index (χ3n) is 2.29. The van der Waals surface area contributed by atoms with Crippen molar-refractivity contribution in [2.75, 3.05) is 18.5 Å². The maximum Gasteiger partial charge on any atom is 0.145 e. The highest BCUT2D eigenvalue weighted by Crippen LogP contribution is 2.18. The number of hydrogen-bond acceptors (Lipinski definition) is 3. The Hall–Kier alpha value is -0.390. The lowest BCUT2D eigenvalue weighted by Gasteiger charge is -2.22. The molecule has 0 saturated heterocycles. The van der Waals surface area contributed by atoms with Crippen LogP contribution in [0.3, 0.4) is 0 Å². The zero-order valence-electron chi connectivity index (χ0n) is 8.87. The first-order valence-electron chi connectivity index (χ1n) is 4.81. The lowest BCUT2D eigenvalue weighted by atomic mass is 10.1. The Morgan fingerprint density at radius 1 is 1.57 bits per heavy atom. The summed E-state index contributed by atoms with van der Waals surface area (Å²) in [7, 11) is 2.08. The van der Waals surface area contributed by atoms with Gasteiger partial charge in [-0.3, -0.25) is 0 Å². The predicted octanol–water partition coefficient (Wildman–Crippen LogP) is 2.56. The van der Waals surface area contributed by atoms with E-state index in [2.05, 4.69) is 58.4 Å². The van der Waals surface area contributed by atoms with E-state index in [0.29, 0.717) is 5.92 Å². The summed E-state index contributed by atoms with van der Waals surface area (Å²) in [6.07, 6.45) is 4.65. The van der Waals surface area contributed by atoms with Crippen LogP contribution in [0.4, 0.5) is 5.82 Å². The van der Waals surface area contributed by atoms with Crippen molar-refractivity contribution in [3.63, 3.8) is 0 Å². The maximum absolute atomic E-state index is 4.27. The highest BCUT2D eigenvalue weighted by atomic mass is 127. The Bertz CT molecular complexity index is 290. The second-order valence-corrected chi connectivity index (χ2v) is 4.75. The molecule has 0 fully saturated rings. The molecule has 1 aromatic heterocycles. The molecule has 1 rings (SSSR count). The highest BCUT2D eigenvalue weighted by Gasteiger charge is 2.09. The van der Waals surface area contributed by atoms with E-state index >= 15 is 0 Å². The van der Waals surface area contributed by atoms with E-state index in [1.165, 1.54) is 6.42 Å². The second-order valence-electron chi connectivity index (χ2n) is 3.59. The topological polar surface area (TPSA) is 29.0 Å². The van der Waals surface area contributed by atoms with Crippen molar-refractivity contribution in [2.45, 2.75) is 20.3 Å². The van der Waals surface area contributed by atoms with Crippen molar-refractivity contribution in [1.29, 1.82) is 0 Å². The summed E-state index contributed by atoms with van der Waals surface area (Å²) in [4.78, 5) is 10.4. The van der Waals surface area contributed by atoms with Crippen LogP contribution in [0.15, 0.2) is 12.5 Å². The number of hydrogen-bond donors (Lipinski definition) is 0. The standard InChI is InChI=1S/C10H16IN3/c1-4-8(2)6-14(3)10-9(11)5-12-7-13-10/h5,7-8H,4,6H2,1-3H3. The molecule has 0 amide bonds. The summed E-state index contributed by atoms with van der Waals surface area (Å²) in [6.45, 7) is 5.51. The van der Waals surface area contributed by atoms with Gasteiger partial charge in [-0.25, -0.2) is 9.97 Å². The molecular formula is C10H16IN3. The molecule has 78 valence electrons. The molecule has 0 N–H and O–H groups in total. The van der Waals surface area contributed by atoms with Crippen molar-refractivity contribution in [3.05, 3.63) is 16.1 Å². The summed E-state index contributed by atoms with van der Waals surface area (Å²) in [5, 5.41) is 0. The van der Waals surface area contributed by atoms with Crippen LogP contribution >= 0.6 is 22.6 Å². The van der Waals surface area contributed by atoms with E-state index in [4.69, 9.17) is 0 Å². The number of aromatic nitrogens is 2. The lowest BCUT2D eigenvalue weighted by molar-refractivity contribution is 0.557. The van der Waals surface area contributed by atoms with E-state index in [1.807, 2.05) is 6.20 Å². The van der Waals surface area contributed by atoms with Gasteiger partial charge in [-0.2, -0.15) is 0 Å². The molecular weight excluding hydrogens is 289 g/mol. The minimum atomic E-state index is 0.700. The van der Waals surface area contributed by atoms with Gasteiger partial charge in [-0.1, -0.05) is 20.3 Å². The molecule has 0 aliphatic carbocycles. The fraction of sp³-hybridized carbons (Fsp3) is 0.600. The molecule has 1 atom stereocenters. The van der Waals surface area contributed by atoms with Gasteiger partial charge in [0.2, 0.25) is 0 Å². The van der Waals surface area contributed by atoms with Crippen molar-refractivity contribution >= 4 is 28.4 Å². The Morgan fingerprint density at radius 2 is 2.29 bits per heavy atom. The molecule has 0 aliphatic heterocycles. The van der Waals surface area contributed by atoms with E-state index in [0.717, 1.165) is 15.9 Å². The highest BCUT2D eigenvalue weighted by molar-refractivity contribution is 14.1. The van der Waals surface area contributed by atoms with Gasteiger partial charge in [0.25, 0.3) is 0 Å². The zero-order chi connectivity index (χ0) is 10.6. The minimum Gasteiger partial charge on any atom is -0.358 e. The third kappa shape index (κ3) is 3.08. The van der Waals surface area contributed by atoms with Crippen LogP contribution in [0, 0.1) is 9.49 Å². The fourth-order valence-electron chi connectivity index (χ4n) is 1.27. The van der Waals surface area contributed by atoms with Crippen molar-refractivity contribution in [1.82, 2.24) is 9.97 Å². The van der Waals surface area contributed by atoms with Crippen LogP contribution in [0.25, 0.3) is 0 Å². The molecule has 0 spiro atoms. The molecule has 1 unspecified atom stereocenters. The first-order chi connectivity index (χ1) is 6.65. The smallest absolute Gasteiger partial charge is 0.145 e. The SMILES string of the molecule is CCC(C)CN(C)c1ncncc1I. The number of nitrogens with zero attached hydrogens (tertiary/aromatic N) is 3. The average Bonchev–Trinajstić information content (AvgIpc) is 2.18. The van der Waals surface area contributed by atoms with Gasteiger partial charge in [-0.15, -0.1) is 0 Å². The summed E-state index contributed by atoms with van der Waals surface area (Å²) in [5.74, 6) is 1.73. The van der Waals surface area contributed by atoms with Crippen molar-refractivity contribution in [3.8, 4) is 0 Å². The van der Waals surface area contributed by atoms with Gasteiger partial charge in [0, 0.05) is 19.8 Å². The molecule has 0 aromatic carbocycles. The first-order valence-corrected chi connectivity index (χ1v) is 5.89. The quantitative estimate of drug-likeness (QED) is 0.801. The monoisotopic (exact) mass is 305 g/mol. The van der Waals surface area contributed by atoms with Gasteiger partial charge in [0.15, 0.2) is 0 Å². The van der Waals surface area contributed by atoms with Gasteiger partial charge in [0.1, 0.15) is 12.1 Å². The summed E-state index contributed by atoms with van der Waals surface area (Å²) < 4.78 is 1.11. The first kappa shape index (κ1) is 11.7. The minimum absolute atomic E-state index is 0.700. The van der Waals surface area contributed by atoms with Crippen LogP contribution in [0.5, 0.6) is 0 Å². The molecule has 1 aromatic rings. The van der Waals surface area contributed by atoms with Crippen LogP contribution in [-0.4, -0.2) is 23.6 Å². The van der Waals surface area contributed by atoms with E-state index in [9.17, 15) is 0 Å². The number of rotatable bonds is 4. The fourth-order valence-corrected chi connectivity index (χ4v) is 1.98. The van der Waals surface area contributed by atoms with E-state index in [-0.39, 0.29) is 0 Å². The van der Waals surface area contributed by atoms with Gasteiger partial charge < -0.3 is 4.90 Å². The van der Waals surface area contributed by atoms with Crippen LogP contribution in [0.2, 0.25) is 0 Å². The number of anilines is 1. The molecule has 0 radical (unpaired) electrons. The molecule has 0 saturated carbocycles. The molecule has 0 bridgehead atoms. The Morgan fingerprint density at radius 3 is 2.86 bits per heavy atom. The molecule has 3 nitrogen and oxygen atoms in total. The normalized spacial score (nSPS) is 12.6. The van der Waals surface area contributed by atoms with Crippen LogP contribution in [-0.2, 0) is 0 Å².